The summed E-state index contributed by atoms with van der Waals surface area (Å²) in [5.41, 5.74) is 0. The van der Waals surface area contributed by atoms with E-state index in [2.05, 4.69) is 16.0 Å². The first-order chi connectivity index (χ1) is 8.45. The Kier molecular flexibility index (Phi) is 8.34. The van der Waals surface area contributed by atoms with E-state index in [0.717, 1.165) is 6.42 Å². The Hall–Kier alpha value is -1.79. The number of rotatable bonds is 8. The van der Waals surface area contributed by atoms with Crippen LogP contribution in [-0.2, 0) is 9.59 Å². The summed E-state index contributed by atoms with van der Waals surface area (Å²) in [6.45, 7) is 3.97. The van der Waals surface area contributed by atoms with E-state index in [1.807, 2.05) is 6.92 Å². The van der Waals surface area contributed by atoms with Crippen molar-refractivity contribution in [3.05, 3.63) is 0 Å². The van der Waals surface area contributed by atoms with Crippen LogP contribution in [-0.4, -0.2) is 42.1 Å². The number of nitrogens with one attached hydrogen (secondary N) is 3. The van der Waals surface area contributed by atoms with E-state index in [1.165, 1.54) is 6.92 Å². The number of carboxylic acids is 1. The summed E-state index contributed by atoms with van der Waals surface area (Å²) in [6, 6.07) is -0.784. The van der Waals surface area contributed by atoms with E-state index in [1.54, 1.807) is 0 Å². The Balaban J connectivity index is 3.86. The van der Waals surface area contributed by atoms with Crippen molar-refractivity contribution in [2.75, 3.05) is 13.1 Å². The van der Waals surface area contributed by atoms with Crippen molar-refractivity contribution in [1.29, 1.82) is 0 Å². The Morgan fingerprint density at radius 1 is 1.17 bits per heavy atom. The molecule has 3 amide bonds. The molecule has 0 spiro atoms. The van der Waals surface area contributed by atoms with Crippen LogP contribution < -0.4 is 16.0 Å². The standard InChI is InChI=1S/C11H21N3O4/c1-3-4-9(7-10(16)17)14-11(18)13-6-5-12-8(2)15/h9H,3-7H2,1-2H3,(H,12,15)(H,16,17)(H2,13,14,18). The van der Waals surface area contributed by atoms with Gasteiger partial charge >= 0.3 is 12.0 Å². The third-order valence-electron chi connectivity index (χ3n) is 2.18. The number of hydrogen-bond acceptors (Lipinski definition) is 3. The Morgan fingerprint density at radius 2 is 1.78 bits per heavy atom. The molecule has 0 aromatic rings. The number of carbonyl (C=O) groups excluding carboxylic acids is 2. The molecule has 104 valence electrons. The molecule has 0 saturated heterocycles. The zero-order valence-electron chi connectivity index (χ0n) is 10.8. The highest BCUT2D eigenvalue weighted by Crippen LogP contribution is 2.01. The van der Waals surface area contributed by atoms with E-state index in [9.17, 15) is 14.4 Å². The van der Waals surface area contributed by atoms with Gasteiger partial charge in [0.25, 0.3) is 0 Å². The van der Waals surface area contributed by atoms with Gasteiger partial charge in [-0.05, 0) is 6.42 Å². The molecular formula is C11H21N3O4. The second kappa shape index (κ2) is 9.26. The van der Waals surface area contributed by atoms with E-state index < -0.39 is 12.0 Å². The Bertz CT molecular complexity index is 294. The van der Waals surface area contributed by atoms with E-state index in [4.69, 9.17) is 5.11 Å². The van der Waals surface area contributed by atoms with E-state index in [0.29, 0.717) is 19.5 Å². The van der Waals surface area contributed by atoms with Crippen LogP contribution in [0.25, 0.3) is 0 Å². The fraction of sp³-hybridized carbons (Fsp3) is 0.727. The first-order valence-corrected chi connectivity index (χ1v) is 5.96. The molecule has 0 aliphatic carbocycles. The van der Waals surface area contributed by atoms with Crippen molar-refractivity contribution in [3.8, 4) is 0 Å². The smallest absolute Gasteiger partial charge is 0.315 e. The van der Waals surface area contributed by atoms with Crippen LogP contribution >= 0.6 is 0 Å². The van der Waals surface area contributed by atoms with Crippen LogP contribution in [0.3, 0.4) is 0 Å². The first kappa shape index (κ1) is 16.2. The average Bonchev–Trinajstić information content (AvgIpc) is 2.23. The Morgan fingerprint density at radius 3 is 2.28 bits per heavy atom. The number of aliphatic carboxylic acids is 1. The van der Waals surface area contributed by atoms with Crippen LogP contribution in [0.1, 0.15) is 33.1 Å². The van der Waals surface area contributed by atoms with Gasteiger partial charge in [0.15, 0.2) is 0 Å². The van der Waals surface area contributed by atoms with Crippen molar-refractivity contribution >= 4 is 17.9 Å². The lowest BCUT2D eigenvalue weighted by atomic mass is 10.1. The summed E-state index contributed by atoms with van der Waals surface area (Å²) < 4.78 is 0. The molecule has 0 aliphatic heterocycles. The lowest BCUT2D eigenvalue weighted by Gasteiger charge is -2.16. The number of hydrogen-bond donors (Lipinski definition) is 4. The molecule has 0 aromatic heterocycles. The predicted molar refractivity (Wildman–Crippen MR) is 66.2 cm³/mol. The van der Waals surface area contributed by atoms with Crippen molar-refractivity contribution in [3.63, 3.8) is 0 Å². The minimum atomic E-state index is -0.938. The van der Waals surface area contributed by atoms with Gasteiger partial charge in [-0.15, -0.1) is 0 Å². The maximum absolute atomic E-state index is 11.4. The quantitative estimate of drug-likeness (QED) is 0.462. The van der Waals surface area contributed by atoms with Crippen molar-refractivity contribution in [2.45, 2.75) is 39.2 Å². The van der Waals surface area contributed by atoms with Gasteiger partial charge in [0.2, 0.25) is 5.91 Å². The molecule has 0 radical (unpaired) electrons. The highest BCUT2D eigenvalue weighted by atomic mass is 16.4. The molecule has 4 N–H and O–H groups in total. The van der Waals surface area contributed by atoms with Gasteiger partial charge in [-0.2, -0.15) is 0 Å². The third-order valence-corrected chi connectivity index (χ3v) is 2.18. The molecule has 0 saturated carbocycles. The number of amides is 3. The fourth-order valence-corrected chi connectivity index (χ4v) is 1.44. The van der Waals surface area contributed by atoms with Gasteiger partial charge in [0.05, 0.1) is 6.42 Å². The minimum absolute atomic E-state index is 0.0903. The van der Waals surface area contributed by atoms with Crippen LogP contribution in [0.15, 0.2) is 0 Å². The van der Waals surface area contributed by atoms with Gasteiger partial charge in [-0.25, -0.2) is 4.79 Å². The van der Waals surface area contributed by atoms with Gasteiger partial charge in [0, 0.05) is 26.1 Å². The van der Waals surface area contributed by atoms with Gasteiger partial charge in [-0.3, -0.25) is 9.59 Å². The molecule has 0 fully saturated rings. The summed E-state index contributed by atoms with van der Waals surface area (Å²) in [4.78, 5) is 32.6. The van der Waals surface area contributed by atoms with Crippen molar-refractivity contribution < 1.29 is 19.5 Å². The molecule has 0 heterocycles. The van der Waals surface area contributed by atoms with Crippen LogP contribution in [0.2, 0.25) is 0 Å². The highest BCUT2D eigenvalue weighted by Gasteiger charge is 2.14. The molecule has 1 atom stereocenters. The lowest BCUT2D eigenvalue weighted by molar-refractivity contribution is -0.137. The maximum atomic E-state index is 11.4. The summed E-state index contributed by atoms with van der Waals surface area (Å²) >= 11 is 0. The van der Waals surface area contributed by atoms with Crippen molar-refractivity contribution in [2.24, 2.45) is 0 Å². The van der Waals surface area contributed by atoms with Crippen LogP contribution in [0, 0.1) is 0 Å². The minimum Gasteiger partial charge on any atom is -0.481 e. The van der Waals surface area contributed by atoms with Crippen LogP contribution in [0.4, 0.5) is 4.79 Å². The molecule has 18 heavy (non-hydrogen) atoms. The van der Waals surface area contributed by atoms with Gasteiger partial charge in [-0.1, -0.05) is 13.3 Å². The summed E-state index contributed by atoms with van der Waals surface area (Å²) in [5.74, 6) is -1.10. The summed E-state index contributed by atoms with van der Waals surface area (Å²) in [7, 11) is 0. The van der Waals surface area contributed by atoms with Gasteiger partial charge in [0.1, 0.15) is 0 Å². The molecule has 0 aliphatic rings. The second-order valence-electron chi connectivity index (χ2n) is 3.97. The number of urea groups is 1. The topological polar surface area (TPSA) is 108 Å². The molecule has 7 nitrogen and oxygen atoms in total. The molecule has 1 unspecified atom stereocenters. The maximum Gasteiger partial charge on any atom is 0.315 e. The monoisotopic (exact) mass is 259 g/mol. The third kappa shape index (κ3) is 9.44. The van der Waals surface area contributed by atoms with E-state index in [-0.39, 0.29) is 18.4 Å². The second-order valence-corrected chi connectivity index (χ2v) is 3.97. The van der Waals surface area contributed by atoms with Gasteiger partial charge < -0.3 is 21.1 Å². The summed E-state index contributed by atoms with van der Waals surface area (Å²) in [6.07, 6.45) is 1.32. The van der Waals surface area contributed by atoms with E-state index >= 15 is 0 Å². The van der Waals surface area contributed by atoms with Crippen LogP contribution in [0.5, 0.6) is 0 Å². The SMILES string of the molecule is CCCC(CC(=O)O)NC(=O)NCCNC(C)=O. The lowest BCUT2D eigenvalue weighted by Crippen LogP contribution is -2.45. The van der Waals surface area contributed by atoms with Crippen molar-refractivity contribution in [1.82, 2.24) is 16.0 Å². The highest BCUT2D eigenvalue weighted by molar-refractivity contribution is 5.76. The number of carboxylic acid groups (broad SMARTS) is 1. The summed E-state index contributed by atoms with van der Waals surface area (Å²) in [5, 5.41) is 16.4. The fourth-order valence-electron chi connectivity index (χ4n) is 1.44. The average molecular weight is 259 g/mol. The molecule has 7 heteroatoms. The predicted octanol–water partition coefficient (Wildman–Crippen LogP) is 0.0651. The number of carbonyl (C=O) groups is 3. The molecular weight excluding hydrogens is 238 g/mol. The first-order valence-electron chi connectivity index (χ1n) is 5.96. The molecule has 0 aromatic carbocycles. The molecule has 0 rings (SSSR count). The normalized spacial score (nSPS) is 11.4. The largest absolute Gasteiger partial charge is 0.481 e. The zero-order chi connectivity index (χ0) is 14.0. The zero-order valence-corrected chi connectivity index (χ0v) is 10.8. The molecule has 0 bridgehead atoms. The Labute approximate surface area is 106 Å².